The SMILES string of the molecule is Cc1sc(NC(=O)CC[C@@H]2Cc3ccccc3NC2=O)c(C#N)c1C. The molecule has 1 aliphatic heterocycles. The van der Waals surface area contributed by atoms with E-state index >= 15 is 0 Å². The van der Waals surface area contributed by atoms with Crippen molar-refractivity contribution < 1.29 is 9.59 Å². The van der Waals surface area contributed by atoms with Crippen molar-refractivity contribution in [2.75, 3.05) is 10.6 Å². The van der Waals surface area contributed by atoms with E-state index in [0.29, 0.717) is 23.4 Å². The molecular weight excluding hydrogens is 334 g/mol. The number of nitrogens with one attached hydrogen (secondary N) is 2. The number of para-hydroxylation sites is 1. The largest absolute Gasteiger partial charge is 0.326 e. The van der Waals surface area contributed by atoms with Gasteiger partial charge in [0.2, 0.25) is 11.8 Å². The van der Waals surface area contributed by atoms with E-state index in [2.05, 4.69) is 16.7 Å². The number of carbonyl (C=O) groups excluding carboxylic acids is 2. The average Bonchev–Trinajstić information content (AvgIpc) is 2.86. The van der Waals surface area contributed by atoms with Gasteiger partial charge in [0.1, 0.15) is 11.1 Å². The van der Waals surface area contributed by atoms with Gasteiger partial charge in [-0.15, -0.1) is 11.3 Å². The molecule has 0 aliphatic carbocycles. The molecular formula is C19H19N3O2S. The van der Waals surface area contributed by atoms with Crippen molar-refractivity contribution in [1.29, 1.82) is 5.26 Å². The molecule has 2 amide bonds. The van der Waals surface area contributed by atoms with Gasteiger partial charge in [-0.05, 0) is 43.9 Å². The van der Waals surface area contributed by atoms with E-state index in [1.807, 2.05) is 38.1 Å². The molecule has 0 saturated carbocycles. The van der Waals surface area contributed by atoms with Gasteiger partial charge < -0.3 is 10.6 Å². The minimum Gasteiger partial charge on any atom is -0.326 e. The Morgan fingerprint density at radius 1 is 1.40 bits per heavy atom. The van der Waals surface area contributed by atoms with E-state index in [1.54, 1.807) is 0 Å². The van der Waals surface area contributed by atoms with Crippen LogP contribution in [0.1, 0.15) is 34.4 Å². The van der Waals surface area contributed by atoms with Gasteiger partial charge in [0.15, 0.2) is 0 Å². The molecule has 1 aliphatic rings. The van der Waals surface area contributed by atoms with Gasteiger partial charge >= 0.3 is 0 Å². The number of thiophene rings is 1. The maximum absolute atomic E-state index is 12.3. The highest BCUT2D eigenvalue weighted by atomic mass is 32.1. The third-order valence-corrected chi connectivity index (χ3v) is 5.70. The number of hydrogen-bond donors (Lipinski definition) is 2. The summed E-state index contributed by atoms with van der Waals surface area (Å²) in [4.78, 5) is 25.5. The van der Waals surface area contributed by atoms with Crippen LogP contribution >= 0.6 is 11.3 Å². The van der Waals surface area contributed by atoms with Gasteiger partial charge in [0.25, 0.3) is 0 Å². The second-order valence-corrected chi connectivity index (χ2v) is 7.46. The molecule has 0 bridgehead atoms. The number of rotatable bonds is 4. The number of nitrogens with zero attached hydrogens (tertiary/aromatic N) is 1. The van der Waals surface area contributed by atoms with Gasteiger partial charge in [-0.2, -0.15) is 5.26 Å². The van der Waals surface area contributed by atoms with Crippen molar-refractivity contribution in [2.24, 2.45) is 5.92 Å². The third kappa shape index (κ3) is 3.57. The number of aryl methyl sites for hydroxylation is 1. The number of fused-ring (bicyclic) bond motifs is 1. The van der Waals surface area contributed by atoms with Crippen LogP contribution in [0.4, 0.5) is 10.7 Å². The van der Waals surface area contributed by atoms with Crippen molar-refractivity contribution in [3.8, 4) is 6.07 Å². The van der Waals surface area contributed by atoms with Crippen molar-refractivity contribution in [3.63, 3.8) is 0 Å². The van der Waals surface area contributed by atoms with Crippen LogP contribution < -0.4 is 10.6 Å². The maximum Gasteiger partial charge on any atom is 0.227 e. The van der Waals surface area contributed by atoms with E-state index in [9.17, 15) is 14.9 Å². The Morgan fingerprint density at radius 3 is 2.92 bits per heavy atom. The lowest BCUT2D eigenvalue weighted by Crippen LogP contribution is -2.30. The molecule has 0 radical (unpaired) electrons. The Morgan fingerprint density at radius 2 is 2.16 bits per heavy atom. The Kier molecular flexibility index (Phi) is 4.86. The second-order valence-electron chi connectivity index (χ2n) is 6.23. The first kappa shape index (κ1) is 17.2. The molecule has 5 nitrogen and oxygen atoms in total. The molecule has 1 atom stereocenters. The molecule has 0 spiro atoms. The molecule has 128 valence electrons. The van der Waals surface area contributed by atoms with Crippen LogP contribution in [0.25, 0.3) is 0 Å². The van der Waals surface area contributed by atoms with Crippen LogP contribution in [-0.2, 0) is 16.0 Å². The molecule has 25 heavy (non-hydrogen) atoms. The lowest BCUT2D eigenvalue weighted by atomic mass is 9.89. The number of carbonyl (C=O) groups is 2. The van der Waals surface area contributed by atoms with Crippen LogP contribution in [0.5, 0.6) is 0 Å². The predicted octanol–water partition coefficient (Wildman–Crippen LogP) is 3.77. The van der Waals surface area contributed by atoms with Crippen LogP contribution in [-0.4, -0.2) is 11.8 Å². The summed E-state index contributed by atoms with van der Waals surface area (Å²) in [5, 5.41) is 15.6. The highest BCUT2D eigenvalue weighted by molar-refractivity contribution is 7.16. The van der Waals surface area contributed by atoms with Gasteiger partial charge in [0.05, 0.1) is 5.56 Å². The summed E-state index contributed by atoms with van der Waals surface area (Å²) in [6, 6.07) is 9.88. The van der Waals surface area contributed by atoms with E-state index < -0.39 is 0 Å². The summed E-state index contributed by atoms with van der Waals surface area (Å²) in [5.41, 5.74) is 3.39. The minimum atomic E-state index is -0.206. The van der Waals surface area contributed by atoms with Gasteiger partial charge in [-0.25, -0.2) is 0 Å². The van der Waals surface area contributed by atoms with E-state index in [-0.39, 0.29) is 24.2 Å². The first-order chi connectivity index (χ1) is 12.0. The number of amides is 2. The molecule has 6 heteroatoms. The fourth-order valence-corrected chi connectivity index (χ4v) is 4.02. The average molecular weight is 353 g/mol. The molecule has 3 rings (SSSR count). The fraction of sp³-hybridized carbons (Fsp3) is 0.316. The summed E-state index contributed by atoms with van der Waals surface area (Å²) in [6.07, 6.45) is 1.38. The topological polar surface area (TPSA) is 82.0 Å². The zero-order valence-electron chi connectivity index (χ0n) is 14.2. The van der Waals surface area contributed by atoms with Crippen LogP contribution in [0, 0.1) is 31.1 Å². The summed E-state index contributed by atoms with van der Waals surface area (Å²) in [7, 11) is 0. The Bertz CT molecular complexity index is 879. The smallest absolute Gasteiger partial charge is 0.227 e. The van der Waals surface area contributed by atoms with Crippen molar-refractivity contribution >= 4 is 33.8 Å². The Balaban J connectivity index is 1.61. The van der Waals surface area contributed by atoms with Crippen molar-refractivity contribution in [2.45, 2.75) is 33.1 Å². The van der Waals surface area contributed by atoms with Crippen molar-refractivity contribution in [1.82, 2.24) is 0 Å². The van der Waals surface area contributed by atoms with E-state index in [4.69, 9.17) is 0 Å². The quantitative estimate of drug-likeness (QED) is 0.878. The number of benzene rings is 1. The number of nitriles is 1. The van der Waals surface area contributed by atoms with Gasteiger partial charge in [0, 0.05) is 22.9 Å². The predicted molar refractivity (Wildman–Crippen MR) is 98.6 cm³/mol. The third-order valence-electron chi connectivity index (χ3n) is 4.58. The minimum absolute atomic E-state index is 0.0352. The monoisotopic (exact) mass is 353 g/mol. The Labute approximate surface area is 150 Å². The second kappa shape index (κ2) is 7.08. The molecule has 0 unspecified atom stereocenters. The zero-order chi connectivity index (χ0) is 18.0. The maximum atomic E-state index is 12.3. The summed E-state index contributed by atoms with van der Waals surface area (Å²) >= 11 is 1.41. The Hall–Kier alpha value is -2.65. The first-order valence-corrected chi connectivity index (χ1v) is 9.00. The fourth-order valence-electron chi connectivity index (χ4n) is 2.99. The zero-order valence-corrected chi connectivity index (χ0v) is 15.0. The molecule has 2 heterocycles. The summed E-state index contributed by atoms with van der Waals surface area (Å²) in [5.74, 6) is -0.403. The van der Waals surface area contributed by atoms with Crippen LogP contribution in [0.3, 0.4) is 0 Å². The highest BCUT2D eigenvalue weighted by Crippen LogP contribution is 2.32. The summed E-state index contributed by atoms with van der Waals surface area (Å²) in [6.45, 7) is 3.81. The molecule has 0 fully saturated rings. The standard InChI is InChI=1S/C19H19N3O2S/c1-11-12(2)25-19(15(11)10-20)22-17(23)8-7-14-9-13-5-3-4-6-16(13)21-18(14)24/h3-6,14H,7-9H2,1-2H3,(H,21,24)(H,22,23)/t14-/m1/s1. The van der Waals surface area contributed by atoms with Gasteiger partial charge in [-0.1, -0.05) is 18.2 Å². The van der Waals surface area contributed by atoms with E-state index in [0.717, 1.165) is 21.7 Å². The molecule has 1 aromatic heterocycles. The molecule has 0 saturated heterocycles. The number of hydrogen-bond acceptors (Lipinski definition) is 4. The highest BCUT2D eigenvalue weighted by Gasteiger charge is 2.26. The lowest BCUT2D eigenvalue weighted by molar-refractivity contribution is -0.121. The summed E-state index contributed by atoms with van der Waals surface area (Å²) < 4.78 is 0. The van der Waals surface area contributed by atoms with E-state index in [1.165, 1.54) is 11.3 Å². The lowest BCUT2D eigenvalue weighted by Gasteiger charge is -2.24. The van der Waals surface area contributed by atoms with Crippen LogP contribution in [0.15, 0.2) is 24.3 Å². The van der Waals surface area contributed by atoms with Gasteiger partial charge in [-0.3, -0.25) is 9.59 Å². The van der Waals surface area contributed by atoms with Crippen LogP contribution in [0.2, 0.25) is 0 Å². The molecule has 2 N–H and O–H groups in total. The normalized spacial score (nSPS) is 15.9. The molecule has 1 aromatic carbocycles. The van der Waals surface area contributed by atoms with Crippen molar-refractivity contribution in [3.05, 3.63) is 45.8 Å². The molecule has 2 aromatic rings. The number of anilines is 2. The first-order valence-electron chi connectivity index (χ1n) is 8.18.